The fourth-order valence-electron chi connectivity index (χ4n) is 5.03. The Kier molecular flexibility index (Phi) is 10.0. The van der Waals surface area contributed by atoms with Gasteiger partial charge in [0.2, 0.25) is 29.5 Å². The molecule has 14 nitrogen and oxygen atoms in total. The first-order chi connectivity index (χ1) is 18.8. The van der Waals surface area contributed by atoms with E-state index < -0.39 is 71.6 Å². The third-order valence-corrected chi connectivity index (χ3v) is 7.46. The molecule has 3 rings (SSSR count). The minimum absolute atomic E-state index is 0.0406. The van der Waals surface area contributed by atoms with Crippen LogP contribution >= 0.6 is 0 Å². The summed E-state index contributed by atoms with van der Waals surface area (Å²) in [5.74, 6) is -4.20. The van der Waals surface area contributed by atoms with Crippen LogP contribution in [0, 0.1) is 11.8 Å². The molecule has 2 saturated heterocycles. The summed E-state index contributed by atoms with van der Waals surface area (Å²) in [6.45, 7) is 7.28. The molecule has 0 bridgehead atoms. The molecule has 0 radical (unpaired) electrons. The Morgan fingerprint density at radius 1 is 1.05 bits per heavy atom. The molecule has 3 heterocycles. The summed E-state index contributed by atoms with van der Waals surface area (Å²) >= 11 is 0. The minimum atomic E-state index is -1.18. The normalized spacial score (nSPS) is 21.4. The molecule has 220 valence electrons. The smallest absolute Gasteiger partial charge is 0.252 e. The van der Waals surface area contributed by atoms with Crippen LogP contribution in [0.15, 0.2) is 12.5 Å². The van der Waals surface area contributed by atoms with Crippen LogP contribution in [0.3, 0.4) is 0 Å². The molecule has 40 heavy (non-hydrogen) atoms. The first-order valence-corrected chi connectivity index (χ1v) is 13.6. The summed E-state index contributed by atoms with van der Waals surface area (Å²) in [5.41, 5.74) is 12.0. The SMILES string of the molecule is CC(C)C(N)C(=O)NC(C(=O)N1C(=O)CCC1C(=O)NC(Cc1cnc[nH]1)C(=O)N1CCCC1C(N)=O)C(C)C. The zero-order chi connectivity index (χ0) is 29.7. The number of amides is 6. The Labute approximate surface area is 233 Å². The summed E-state index contributed by atoms with van der Waals surface area (Å²) in [5, 5.41) is 5.34. The van der Waals surface area contributed by atoms with E-state index in [1.165, 1.54) is 17.4 Å². The fraction of sp³-hybridized carbons (Fsp3) is 0.654. The molecule has 0 spiro atoms. The van der Waals surface area contributed by atoms with Crippen LogP contribution in [0.5, 0.6) is 0 Å². The molecule has 5 unspecified atom stereocenters. The lowest BCUT2D eigenvalue weighted by atomic mass is 9.99. The quantitative estimate of drug-likeness (QED) is 0.215. The number of carbonyl (C=O) groups is 6. The maximum Gasteiger partial charge on any atom is 0.252 e. The van der Waals surface area contributed by atoms with Gasteiger partial charge in [-0.15, -0.1) is 0 Å². The average molecular weight is 561 g/mol. The lowest BCUT2D eigenvalue weighted by molar-refractivity contribution is -0.151. The first kappa shape index (κ1) is 30.7. The summed E-state index contributed by atoms with van der Waals surface area (Å²) < 4.78 is 0. The van der Waals surface area contributed by atoms with E-state index in [1.807, 2.05) is 0 Å². The van der Waals surface area contributed by atoms with Crippen LogP contribution < -0.4 is 22.1 Å². The van der Waals surface area contributed by atoms with E-state index in [1.54, 1.807) is 27.7 Å². The number of nitrogens with two attached hydrogens (primary N) is 2. The van der Waals surface area contributed by atoms with E-state index in [0.717, 1.165) is 4.90 Å². The average Bonchev–Trinajstić information content (AvgIpc) is 3.66. The summed E-state index contributed by atoms with van der Waals surface area (Å²) in [6.07, 6.45) is 4.00. The van der Waals surface area contributed by atoms with Crippen molar-refractivity contribution < 1.29 is 28.8 Å². The second kappa shape index (κ2) is 13.0. The third kappa shape index (κ3) is 6.84. The van der Waals surface area contributed by atoms with Crippen molar-refractivity contribution in [3.05, 3.63) is 18.2 Å². The second-order valence-electron chi connectivity index (χ2n) is 11.1. The van der Waals surface area contributed by atoms with Crippen molar-refractivity contribution in [2.75, 3.05) is 6.54 Å². The van der Waals surface area contributed by atoms with Gasteiger partial charge in [-0.1, -0.05) is 27.7 Å². The highest BCUT2D eigenvalue weighted by molar-refractivity contribution is 6.06. The number of rotatable bonds is 11. The highest BCUT2D eigenvalue weighted by Crippen LogP contribution is 2.23. The van der Waals surface area contributed by atoms with Crippen LogP contribution in [0.1, 0.15) is 59.1 Å². The lowest BCUT2D eigenvalue weighted by Crippen LogP contribution is -2.60. The molecule has 2 aliphatic rings. The number of nitrogens with one attached hydrogen (secondary N) is 3. The topological polar surface area (TPSA) is 214 Å². The lowest BCUT2D eigenvalue weighted by Gasteiger charge is -2.32. The van der Waals surface area contributed by atoms with E-state index in [2.05, 4.69) is 20.6 Å². The van der Waals surface area contributed by atoms with Crippen molar-refractivity contribution in [1.29, 1.82) is 0 Å². The van der Waals surface area contributed by atoms with Crippen LogP contribution in [0.4, 0.5) is 0 Å². The number of aromatic nitrogens is 2. The fourth-order valence-corrected chi connectivity index (χ4v) is 5.03. The molecule has 14 heteroatoms. The Bertz CT molecular complexity index is 1120. The Balaban J connectivity index is 1.82. The molecular formula is C26H40N8O6. The van der Waals surface area contributed by atoms with Crippen molar-refractivity contribution >= 4 is 35.4 Å². The molecule has 2 aliphatic heterocycles. The number of imidazole rings is 1. The molecule has 2 fully saturated rings. The molecule has 0 aliphatic carbocycles. The second-order valence-corrected chi connectivity index (χ2v) is 11.1. The Morgan fingerprint density at radius 3 is 2.33 bits per heavy atom. The number of hydrogen-bond donors (Lipinski definition) is 5. The third-order valence-electron chi connectivity index (χ3n) is 7.46. The van der Waals surface area contributed by atoms with Crippen molar-refractivity contribution in [2.24, 2.45) is 23.3 Å². The molecule has 7 N–H and O–H groups in total. The zero-order valence-corrected chi connectivity index (χ0v) is 23.4. The molecule has 1 aromatic rings. The highest BCUT2D eigenvalue weighted by Gasteiger charge is 2.45. The van der Waals surface area contributed by atoms with Gasteiger partial charge in [0.05, 0.1) is 12.4 Å². The number of likely N-dealkylation sites (tertiary alicyclic amines) is 2. The molecular weight excluding hydrogens is 520 g/mol. The Hall–Kier alpha value is -3.81. The molecule has 6 amide bonds. The van der Waals surface area contributed by atoms with Crippen LogP contribution in [-0.2, 0) is 35.2 Å². The van der Waals surface area contributed by atoms with Gasteiger partial charge in [-0.2, -0.15) is 0 Å². The summed E-state index contributed by atoms with van der Waals surface area (Å²) in [6, 6.07) is -5.01. The van der Waals surface area contributed by atoms with Gasteiger partial charge in [-0.3, -0.25) is 33.7 Å². The molecule has 0 aromatic carbocycles. The predicted molar refractivity (Wildman–Crippen MR) is 143 cm³/mol. The van der Waals surface area contributed by atoms with E-state index >= 15 is 0 Å². The van der Waals surface area contributed by atoms with Gasteiger partial charge in [0.25, 0.3) is 5.91 Å². The summed E-state index contributed by atoms with van der Waals surface area (Å²) in [4.78, 5) is 87.1. The van der Waals surface area contributed by atoms with Gasteiger partial charge in [0.15, 0.2) is 0 Å². The summed E-state index contributed by atoms with van der Waals surface area (Å²) in [7, 11) is 0. The monoisotopic (exact) mass is 560 g/mol. The van der Waals surface area contributed by atoms with Gasteiger partial charge < -0.3 is 32.0 Å². The predicted octanol–water partition coefficient (Wildman–Crippen LogP) is -1.44. The number of aromatic amines is 1. The van der Waals surface area contributed by atoms with Crippen molar-refractivity contribution in [1.82, 2.24) is 30.4 Å². The Morgan fingerprint density at radius 2 is 1.75 bits per heavy atom. The first-order valence-electron chi connectivity index (χ1n) is 13.6. The van der Waals surface area contributed by atoms with E-state index in [9.17, 15) is 28.8 Å². The molecule has 0 saturated carbocycles. The number of primary amides is 1. The van der Waals surface area contributed by atoms with Crippen molar-refractivity contribution in [2.45, 2.75) is 90.0 Å². The maximum atomic E-state index is 13.6. The van der Waals surface area contributed by atoms with Gasteiger partial charge >= 0.3 is 0 Å². The number of imide groups is 1. The van der Waals surface area contributed by atoms with E-state index in [0.29, 0.717) is 25.1 Å². The zero-order valence-electron chi connectivity index (χ0n) is 23.4. The van der Waals surface area contributed by atoms with E-state index in [4.69, 9.17) is 11.5 Å². The highest BCUT2D eigenvalue weighted by atomic mass is 16.2. The minimum Gasteiger partial charge on any atom is -0.368 e. The van der Waals surface area contributed by atoms with Gasteiger partial charge in [-0.05, 0) is 31.1 Å². The van der Waals surface area contributed by atoms with Crippen LogP contribution in [0.25, 0.3) is 0 Å². The largest absolute Gasteiger partial charge is 0.368 e. The van der Waals surface area contributed by atoms with Crippen LogP contribution in [0.2, 0.25) is 0 Å². The number of hydrogen-bond acceptors (Lipinski definition) is 8. The van der Waals surface area contributed by atoms with Gasteiger partial charge in [-0.25, -0.2) is 4.98 Å². The van der Waals surface area contributed by atoms with Crippen molar-refractivity contribution in [3.8, 4) is 0 Å². The van der Waals surface area contributed by atoms with Crippen LogP contribution in [-0.4, -0.2) is 92.0 Å². The number of H-pyrrole nitrogens is 1. The standard InChI is InChI=1S/C26H40N8O6/c1-13(2)20(27)24(38)32-21(14(3)4)26(40)34-18(7-8-19(34)35)23(37)31-16(10-15-11-29-12-30-15)25(39)33-9-5-6-17(33)22(28)36/h11-14,16-18,20-21H,5-10,27H2,1-4H3,(H2,28,36)(H,29,30)(H,31,37)(H,32,38). The van der Waals surface area contributed by atoms with Gasteiger partial charge in [0.1, 0.15) is 24.2 Å². The van der Waals surface area contributed by atoms with Crippen molar-refractivity contribution in [3.63, 3.8) is 0 Å². The van der Waals surface area contributed by atoms with E-state index in [-0.39, 0.29) is 25.2 Å². The molecule has 5 atom stereocenters. The molecule has 1 aromatic heterocycles. The maximum absolute atomic E-state index is 13.6. The number of nitrogens with zero attached hydrogens (tertiary/aromatic N) is 3. The van der Waals surface area contributed by atoms with Gasteiger partial charge in [0, 0.05) is 31.3 Å². The number of carbonyl (C=O) groups excluding carboxylic acids is 6.